The van der Waals surface area contributed by atoms with Gasteiger partial charge in [-0.3, -0.25) is 0 Å². The molecule has 2 rings (SSSR count). The molecule has 0 radical (unpaired) electrons. The molecular formula is C14H18N3O4S+. The summed E-state index contributed by atoms with van der Waals surface area (Å²) >= 11 is 0. The molecule has 0 aromatic heterocycles. The number of carbonyl (C=O) groups excluding carboxylic acids is 2. The highest BCUT2D eigenvalue weighted by atomic mass is 32.2. The van der Waals surface area contributed by atoms with Crippen molar-refractivity contribution < 1.29 is 22.6 Å². The number of benzene rings is 1. The Morgan fingerprint density at radius 2 is 1.82 bits per heavy atom. The summed E-state index contributed by atoms with van der Waals surface area (Å²) in [5.74, 6) is -0.768. The van der Waals surface area contributed by atoms with E-state index in [0.717, 1.165) is 21.3 Å². The number of hydrogen-bond donors (Lipinski definition) is 1. The molecule has 0 saturated carbocycles. The first-order valence-electron chi connectivity index (χ1n) is 6.69. The van der Waals surface area contributed by atoms with E-state index in [1.807, 2.05) is 6.07 Å². The summed E-state index contributed by atoms with van der Waals surface area (Å²) in [6.45, 7) is 1.69. The lowest BCUT2D eigenvalue weighted by atomic mass is 10.1. The van der Waals surface area contributed by atoms with Gasteiger partial charge in [0, 0.05) is 6.04 Å². The minimum atomic E-state index is -3.96. The number of rotatable bonds is 4. The number of amides is 3. The average molecular weight is 324 g/mol. The quantitative estimate of drug-likeness (QED) is 0.809. The van der Waals surface area contributed by atoms with Gasteiger partial charge in [-0.2, -0.15) is 9.69 Å². The fourth-order valence-electron chi connectivity index (χ4n) is 2.19. The first kappa shape index (κ1) is 16.3. The van der Waals surface area contributed by atoms with Crippen LogP contribution in [0.5, 0.6) is 0 Å². The van der Waals surface area contributed by atoms with Crippen LogP contribution >= 0.6 is 0 Å². The summed E-state index contributed by atoms with van der Waals surface area (Å²) < 4.78 is 28.5. The topological polar surface area (TPSA) is 86.6 Å². The molecule has 1 aromatic rings. The first-order chi connectivity index (χ1) is 10.2. The lowest BCUT2D eigenvalue weighted by molar-refractivity contribution is -0.399. The van der Waals surface area contributed by atoms with E-state index in [4.69, 9.17) is 0 Å². The van der Waals surface area contributed by atoms with Gasteiger partial charge < -0.3 is 0 Å². The molecule has 0 bridgehead atoms. The number of hydrogen-bond acceptors (Lipinski definition) is 4. The van der Waals surface area contributed by atoms with Crippen molar-refractivity contribution in [2.75, 3.05) is 14.1 Å². The highest BCUT2D eigenvalue weighted by molar-refractivity contribution is 7.91. The Kier molecular flexibility index (Phi) is 4.43. The van der Waals surface area contributed by atoms with Crippen LogP contribution in [0, 0.1) is 0 Å². The summed E-state index contributed by atoms with van der Waals surface area (Å²) in [6, 6.07) is 7.98. The van der Waals surface area contributed by atoms with Gasteiger partial charge in [0.25, 0.3) is 0 Å². The number of sulfonamides is 1. The minimum absolute atomic E-state index is 0.486. The predicted octanol–water partition coefficient (Wildman–Crippen LogP) is 0.341. The van der Waals surface area contributed by atoms with Gasteiger partial charge in [0.1, 0.15) is 6.21 Å². The second kappa shape index (κ2) is 5.98. The second-order valence-electron chi connectivity index (χ2n) is 5.16. The zero-order valence-corrected chi connectivity index (χ0v) is 13.4. The van der Waals surface area contributed by atoms with Gasteiger partial charge >= 0.3 is 11.9 Å². The molecule has 0 fully saturated rings. The summed E-state index contributed by atoms with van der Waals surface area (Å²) in [7, 11) is -1.29. The van der Waals surface area contributed by atoms with Crippen molar-refractivity contribution in [3.8, 4) is 0 Å². The molecule has 1 heterocycles. The summed E-state index contributed by atoms with van der Waals surface area (Å²) in [4.78, 5) is 24.5. The van der Waals surface area contributed by atoms with E-state index >= 15 is 0 Å². The SMILES string of the molecule is CC(NS(=O)(=O)C1C=[N+](C)C(=O)N(C)C1=O)c1ccccc1. The van der Waals surface area contributed by atoms with Crippen molar-refractivity contribution >= 4 is 28.2 Å². The van der Waals surface area contributed by atoms with E-state index in [9.17, 15) is 18.0 Å². The molecular weight excluding hydrogens is 306 g/mol. The van der Waals surface area contributed by atoms with Crippen molar-refractivity contribution in [2.24, 2.45) is 0 Å². The summed E-state index contributed by atoms with van der Waals surface area (Å²) in [6.07, 6.45) is 1.12. The third-order valence-corrected chi connectivity index (χ3v) is 5.17. The van der Waals surface area contributed by atoms with Gasteiger partial charge in [0.15, 0.2) is 0 Å². The Balaban J connectivity index is 2.27. The van der Waals surface area contributed by atoms with Crippen LogP contribution in [0.1, 0.15) is 18.5 Å². The molecule has 1 N–H and O–H groups in total. The number of urea groups is 1. The maximum Gasteiger partial charge on any atom is 0.500 e. The van der Waals surface area contributed by atoms with Crippen LogP contribution < -0.4 is 4.72 Å². The van der Waals surface area contributed by atoms with Crippen LogP contribution in [-0.4, -0.2) is 55.4 Å². The van der Waals surface area contributed by atoms with Crippen molar-refractivity contribution in [1.29, 1.82) is 0 Å². The Bertz CT molecular complexity index is 728. The Hall–Kier alpha value is -2.06. The summed E-state index contributed by atoms with van der Waals surface area (Å²) in [5, 5.41) is -1.42. The number of imide groups is 1. The summed E-state index contributed by atoms with van der Waals surface area (Å²) in [5.41, 5.74) is 0.784. The molecule has 2 atom stereocenters. The largest absolute Gasteiger partial charge is 0.500 e. The van der Waals surface area contributed by atoms with Gasteiger partial charge in [-0.15, -0.1) is 0 Å². The number of nitrogens with one attached hydrogen (secondary N) is 1. The van der Waals surface area contributed by atoms with Gasteiger partial charge in [-0.1, -0.05) is 30.3 Å². The number of nitrogens with zero attached hydrogens (tertiary/aromatic N) is 2. The van der Waals surface area contributed by atoms with Crippen LogP contribution in [0.2, 0.25) is 0 Å². The van der Waals surface area contributed by atoms with Crippen LogP contribution in [-0.2, 0) is 14.8 Å². The van der Waals surface area contributed by atoms with Gasteiger partial charge in [0.05, 0.1) is 14.1 Å². The molecule has 0 spiro atoms. The second-order valence-corrected chi connectivity index (χ2v) is 6.99. The third kappa shape index (κ3) is 3.07. The molecule has 0 saturated heterocycles. The molecule has 22 heavy (non-hydrogen) atoms. The number of carbonyl (C=O) groups is 2. The van der Waals surface area contributed by atoms with Crippen LogP contribution in [0.4, 0.5) is 4.79 Å². The van der Waals surface area contributed by atoms with Gasteiger partial charge in [-0.25, -0.2) is 22.5 Å². The van der Waals surface area contributed by atoms with E-state index in [-0.39, 0.29) is 0 Å². The van der Waals surface area contributed by atoms with Crippen molar-refractivity contribution in [3.63, 3.8) is 0 Å². The van der Waals surface area contributed by atoms with Gasteiger partial charge in [0.2, 0.25) is 15.3 Å². The zero-order chi connectivity index (χ0) is 16.5. The highest BCUT2D eigenvalue weighted by Crippen LogP contribution is 2.15. The van der Waals surface area contributed by atoms with Crippen molar-refractivity contribution in [3.05, 3.63) is 35.9 Å². The van der Waals surface area contributed by atoms with E-state index in [1.165, 1.54) is 14.1 Å². The Morgan fingerprint density at radius 3 is 2.41 bits per heavy atom. The third-order valence-electron chi connectivity index (χ3n) is 3.50. The van der Waals surface area contributed by atoms with Crippen LogP contribution in [0.15, 0.2) is 30.3 Å². The maximum atomic E-state index is 12.4. The smallest absolute Gasteiger partial charge is 0.245 e. The molecule has 2 unspecified atom stereocenters. The molecule has 118 valence electrons. The van der Waals surface area contributed by atoms with Crippen molar-refractivity contribution in [2.45, 2.75) is 18.2 Å². The molecule has 7 nitrogen and oxygen atoms in total. The molecule has 8 heteroatoms. The van der Waals surface area contributed by atoms with E-state index in [2.05, 4.69) is 4.72 Å². The lowest BCUT2D eigenvalue weighted by Gasteiger charge is -2.21. The highest BCUT2D eigenvalue weighted by Gasteiger charge is 2.46. The Labute approximate surface area is 129 Å². The maximum absolute atomic E-state index is 12.4. The first-order valence-corrected chi connectivity index (χ1v) is 8.24. The van der Waals surface area contributed by atoms with Crippen LogP contribution in [0.25, 0.3) is 0 Å². The molecule has 1 aliphatic rings. The monoisotopic (exact) mass is 324 g/mol. The zero-order valence-electron chi connectivity index (χ0n) is 12.6. The van der Waals surface area contributed by atoms with Crippen LogP contribution in [0.3, 0.4) is 0 Å². The normalized spacial score (nSPS) is 20.8. The molecule has 1 aromatic carbocycles. The molecule has 0 aliphatic carbocycles. The van der Waals surface area contributed by atoms with E-state index in [0.29, 0.717) is 0 Å². The lowest BCUT2D eigenvalue weighted by Crippen LogP contribution is -2.55. The Morgan fingerprint density at radius 1 is 1.23 bits per heavy atom. The minimum Gasteiger partial charge on any atom is -0.245 e. The van der Waals surface area contributed by atoms with Gasteiger partial charge in [-0.05, 0) is 12.5 Å². The fraction of sp³-hybridized carbons (Fsp3) is 0.357. The van der Waals surface area contributed by atoms with E-state index < -0.39 is 33.3 Å². The average Bonchev–Trinajstić information content (AvgIpc) is 2.49. The van der Waals surface area contributed by atoms with Crippen molar-refractivity contribution in [1.82, 2.24) is 9.62 Å². The molecule has 3 amide bonds. The standard InChI is InChI=1S/C14H18N3O4S/c1-10(11-7-5-4-6-8-11)15-22(20,21)12-9-16(2)14(19)17(3)13(12)18/h4-10,12,15H,1-3H3/q+1. The van der Waals surface area contributed by atoms with E-state index in [1.54, 1.807) is 31.2 Å². The fourth-order valence-corrected chi connectivity index (χ4v) is 3.74. The predicted molar refractivity (Wildman–Crippen MR) is 81.1 cm³/mol. The molecule has 1 aliphatic heterocycles.